The van der Waals surface area contributed by atoms with Crippen molar-refractivity contribution in [1.82, 2.24) is 0 Å². The number of hydrogen-bond donors (Lipinski definition) is 1. The highest BCUT2D eigenvalue weighted by molar-refractivity contribution is 6.01. The number of allylic oxidation sites excluding steroid dienone is 4. The number of aliphatic hydroxyl groups is 1. The Kier molecular flexibility index (Phi) is 6.66. The van der Waals surface area contributed by atoms with Crippen LogP contribution >= 0.6 is 0 Å². The molecule has 0 spiro atoms. The van der Waals surface area contributed by atoms with Gasteiger partial charge in [-0.3, -0.25) is 4.79 Å². The lowest BCUT2D eigenvalue weighted by Crippen LogP contribution is -2.71. The summed E-state index contributed by atoms with van der Waals surface area (Å²) in [7, 11) is 0. The SMILES string of the molecule is C[C@@H]1C[C@H]2[C@@H]3C[C@H](F)C4=CC(=O)C=C[C@]4(C)[C@@]3(F)[C@@H](O)C[C@]2(C)[C@@]1(OC(=O)OCC1C(C)(C)C1(C)C)C(=O)OCF. The number of hydrogen-bond acceptors (Lipinski definition) is 7. The number of halogens is 3. The summed E-state index contributed by atoms with van der Waals surface area (Å²) in [5.41, 5.74) is -7.74. The number of esters is 1. The normalized spacial score (nSPS) is 45.6. The first kappa shape index (κ1) is 30.1. The number of carbonyl (C=O) groups is 3. The molecule has 0 heterocycles. The molecule has 0 saturated heterocycles. The zero-order valence-corrected chi connectivity index (χ0v) is 24.8. The summed E-state index contributed by atoms with van der Waals surface area (Å²) in [6, 6.07) is 0. The summed E-state index contributed by atoms with van der Waals surface area (Å²) < 4.78 is 62.8. The molecule has 228 valence electrons. The van der Waals surface area contributed by atoms with Crippen molar-refractivity contribution in [3.63, 3.8) is 0 Å². The van der Waals surface area contributed by atoms with Gasteiger partial charge in [-0.25, -0.2) is 22.8 Å². The predicted octanol–water partition coefficient (Wildman–Crippen LogP) is 5.60. The van der Waals surface area contributed by atoms with Gasteiger partial charge in [0, 0.05) is 28.6 Å². The number of carbonyl (C=O) groups excluding carboxylic acids is 3. The lowest BCUT2D eigenvalue weighted by Gasteiger charge is -2.62. The van der Waals surface area contributed by atoms with E-state index in [1.165, 1.54) is 19.1 Å². The third-order valence-electron chi connectivity index (χ3n) is 12.6. The molecular weight excluding hydrogens is 541 g/mol. The summed E-state index contributed by atoms with van der Waals surface area (Å²) in [4.78, 5) is 38.8. The molecule has 9 atom stereocenters. The number of ether oxygens (including phenoxy) is 3. The number of ketones is 1. The Morgan fingerprint density at radius 2 is 1.68 bits per heavy atom. The van der Waals surface area contributed by atoms with E-state index in [0.29, 0.717) is 0 Å². The Morgan fingerprint density at radius 3 is 2.27 bits per heavy atom. The number of aliphatic hydroxyl groups excluding tert-OH is 1. The molecule has 0 aliphatic heterocycles. The molecule has 0 aromatic carbocycles. The predicted molar refractivity (Wildman–Crippen MR) is 141 cm³/mol. The van der Waals surface area contributed by atoms with Gasteiger partial charge >= 0.3 is 12.1 Å². The highest BCUT2D eigenvalue weighted by Gasteiger charge is 2.79. The van der Waals surface area contributed by atoms with Crippen LogP contribution in [0.25, 0.3) is 0 Å². The smallest absolute Gasteiger partial charge is 0.434 e. The maximum absolute atomic E-state index is 17.5. The van der Waals surface area contributed by atoms with Crippen LogP contribution < -0.4 is 0 Å². The minimum atomic E-state index is -2.38. The molecule has 0 radical (unpaired) electrons. The summed E-state index contributed by atoms with van der Waals surface area (Å²) in [6.45, 7) is 11.5. The van der Waals surface area contributed by atoms with Crippen molar-refractivity contribution in [3.8, 4) is 0 Å². The van der Waals surface area contributed by atoms with Crippen molar-refractivity contribution in [2.75, 3.05) is 13.5 Å². The first-order chi connectivity index (χ1) is 18.9. The monoisotopic (exact) mass is 582 g/mol. The van der Waals surface area contributed by atoms with Gasteiger partial charge in [0.15, 0.2) is 11.5 Å². The van der Waals surface area contributed by atoms with E-state index in [1.807, 2.05) is 0 Å². The second-order valence-corrected chi connectivity index (χ2v) is 14.4. The molecule has 10 heteroatoms. The number of rotatable bonds is 5. The van der Waals surface area contributed by atoms with Gasteiger partial charge in [-0.2, -0.15) is 0 Å². The summed E-state index contributed by atoms with van der Waals surface area (Å²) in [5.74, 6) is -4.21. The molecule has 41 heavy (non-hydrogen) atoms. The van der Waals surface area contributed by atoms with Gasteiger partial charge < -0.3 is 19.3 Å². The van der Waals surface area contributed by atoms with Crippen LogP contribution in [-0.2, 0) is 23.8 Å². The Hall–Kier alpha value is -2.36. The Bertz CT molecular complexity index is 1210. The van der Waals surface area contributed by atoms with Crippen molar-refractivity contribution in [3.05, 3.63) is 23.8 Å². The number of fused-ring (bicyclic) bond motifs is 5. The van der Waals surface area contributed by atoms with E-state index < -0.39 is 76.9 Å². The first-order valence-corrected chi connectivity index (χ1v) is 14.4. The summed E-state index contributed by atoms with van der Waals surface area (Å²) in [6.07, 6.45) is -1.50. The fourth-order valence-corrected chi connectivity index (χ4v) is 9.44. The lowest BCUT2D eigenvalue weighted by atomic mass is 9.44. The third-order valence-corrected chi connectivity index (χ3v) is 12.6. The Labute approximate surface area is 238 Å². The van der Waals surface area contributed by atoms with Crippen LogP contribution in [0.4, 0.5) is 18.0 Å². The molecule has 0 aromatic rings. The second-order valence-electron chi connectivity index (χ2n) is 14.4. The molecule has 5 rings (SSSR count). The van der Waals surface area contributed by atoms with Gasteiger partial charge in [-0.1, -0.05) is 47.6 Å². The van der Waals surface area contributed by atoms with Gasteiger partial charge in [-0.05, 0) is 60.7 Å². The van der Waals surface area contributed by atoms with Crippen LogP contribution in [0.2, 0.25) is 0 Å². The minimum Gasteiger partial charge on any atom is -0.434 e. The van der Waals surface area contributed by atoms with E-state index in [4.69, 9.17) is 14.2 Å². The van der Waals surface area contributed by atoms with Crippen molar-refractivity contribution in [2.45, 2.75) is 91.3 Å². The maximum Gasteiger partial charge on any atom is 0.509 e. The average Bonchev–Trinajstić information content (AvgIpc) is 3.15. The molecule has 0 unspecified atom stereocenters. The van der Waals surface area contributed by atoms with Gasteiger partial charge in [-0.15, -0.1) is 0 Å². The molecule has 0 bridgehead atoms. The summed E-state index contributed by atoms with van der Waals surface area (Å²) >= 11 is 0. The van der Waals surface area contributed by atoms with Gasteiger partial charge in [0.2, 0.25) is 12.5 Å². The molecule has 4 fully saturated rings. The Morgan fingerprint density at radius 1 is 1.05 bits per heavy atom. The highest BCUT2D eigenvalue weighted by Crippen LogP contribution is 2.72. The van der Waals surface area contributed by atoms with Gasteiger partial charge in [0.25, 0.3) is 0 Å². The first-order valence-electron chi connectivity index (χ1n) is 14.4. The molecule has 1 N–H and O–H groups in total. The summed E-state index contributed by atoms with van der Waals surface area (Å²) in [5, 5.41) is 11.6. The topological polar surface area (TPSA) is 99.1 Å². The van der Waals surface area contributed by atoms with Crippen molar-refractivity contribution in [1.29, 1.82) is 0 Å². The third kappa shape index (κ3) is 3.64. The van der Waals surface area contributed by atoms with E-state index in [-0.39, 0.29) is 48.2 Å². The second kappa shape index (κ2) is 9.07. The average molecular weight is 583 g/mol. The largest absolute Gasteiger partial charge is 0.509 e. The molecule has 4 saturated carbocycles. The molecule has 5 aliphatic carbocycles. The zero-order chi connectivity index (χ0) is 30.6. The van der Waals surface area contributed by atoms with Crippen LogP contribution in [-0.4, -0.2) is 60.0 Å². The molecule has 0 amide bonds. The lowest BCUT2D eigenvalue weighted by molar-refractivity contribution is -0.235. The Balaban J connectivity index is 1.51. The zero-order valence-electron chi connectivity index (χ0n) is 24.8. The highest BCUT2D eigenvalue weighted by atomic mass is 19.1. The fraction of sp³-hybridized carbons (Fsp3) is 0.774. The van der Waals surface area contributed by atoms with Crippen LogP contribution in [0.15, 0.2) is 23.8 Å². The molecule has 7 nitrogen and oxygen atoms in total. The van der Waals surface area contributed by atoms with E-state index in [1.54, 1.807) is 13.8 Å². The molecule has 0 aromatic heterocycles. The van der Waals surface area contributed by atoms with Gasteiger partial charge in [0.1, 0.15) is 6.17 Å². The minimum absolute atomic E-state index is 0.0219. The van der Waals surface area contributed by atoms with E-state index >= 15 is 8.78 Å². The van der Waals surface area contributed by atoms with E-state index in [9.17, 15) is 23.9 Å². The van der Waals surface area contributed by atoms with Crippen molar-refractivity contribution < 1.29 is 46.9 Å². The van der Waals surface area contributed by atoms with E-state index in [0.717, 1.165) is 6.08 Å². The number of alkyl halides is 3. The van der Waals surface area contributed by atoms with Crippen LogP contribution in [0.5, 0.6) is 0 Å². The van der Waals surface area contributed by atoms with Crippen molar-refractivity contribution >= 4 is 17.9 Å². The fourth-order valence-electron chi connectivity index (χ4n) is 9.44. The molecular formula is C31H41F3O7. The van der Waals surface area contributed by atoms with Crippen LogP contribution in [0.3, 0.4) is 0 Å². The van der Waals surface area contributed by atoms with Crippen molar-refractivity contribution in [2.24, 2.45) is 45.3 Å². The molecule has 5 aliphatic rings. The maximum atomic E-state index is 17.5. The van der Waals surface area contributed by atoms with Gasteiger partial charge in [0.05, 0.1) is 12.7 Å². The van der Waals surface area contributed by atoms with Crippen LogP contribution in [0.1, 0.15) is 67.7 Å². The quantitative estimate of drug-likeness (QED) is 0.422. The van der Waals surface area contributed by atoms with E-state index in [2.05, 4.69) is 27.7 Å². The standard InChI is InChI=1S/C31H41F3O7/c1-16-10-18-19-12-21(33)20-11-17(35)8-9-28(20,6)30(19,34)23(36)13-29(18,7)31(16,24(37)40-15-32)41-25(38)39-14-22-26(2,3)27(22,4)5/h8-9,11,16,18-19,21-23,36H,10,12-15H2,1-7H3/t16-,18+,19+,21+,23+,28+,29+,30+,31+/m1/s1. The van der Waals surface area contributed by atoms with Crippen LogP contribution in [0, 0.1) is 45.3 Å².